The van der Waals surface area contributed by atoms with Crippen molar-refractivity contribution in [3.63, 3.8) is 0 Å². The van der Waals surface area contributed by atoms with Gasteiger partial charge in [-0.1, -0.05) is 0 Å². The van der Waals surface area contributed by atoms with Gasteiger partial charge < -0.3 is 25.2 Å². The SMILES string of the molecule is C[C@H]1O[C@H](O)[C@@H](O)[C@@H](O)[C@@H]1O. The molecule has 0 aliphatic carbocycles. The number of hydrogen-bond acceptors (Lipinski definition) is 5. The molecule has 66 valence electrons. The first-order valence-corrected chi connectivity index (χ1v) is 3.41. The van der Waals surface area contributed by atoms with E-state index in [1.807, 2.05) is 0 Å². The first-order chi connectivity index (χ1) is 5.04. The molecule has 1 saturated heterocycles. The Kier molecular flexibility index (Phi) is 2.46. The third kappa shape index (κ3) is 1.52. The van der Waals surface area contributed by atoms with Crippen LogP contribution in [0.2, 0.25) is 0 Å². The lowest BCUT2D eigenvalue weighted by Crippen LogP contribution is -2.56. The van der Waals surface area contributed by atoms with Gasteiger partial charge in [-0.3, -0.25) is 0 Å². The molecule has 1 aliphatic rings. The summed E-state index contributed by atoms with van der Waals surface area (Å²) in [4.78, 5) is 0. The van der Waals surface area contributed by atoms with Gasteiger partial charge in [-0.2, -0.15) is 0 Å². The van der Waals surface area contributed by atoms with Crippen molar-refractivity contribution in [2.24, 2.45) is 0 Å². The lowest BCUT2D eigenvalue weighted by molar-refractivity contribution is -0.277. The van der Waals surface area contributed by atoms with Gasteiger partial charge in [0.05, 0.1) is 6.10 Å². The lowest BCUT2D eigenvalue weighted by atomic mass is 10.0. The van der Waals surface area contributed by atoms with Gasteiger partial charge in [-0.05, 0) is 6.92 Å². The molecular weight excluding hydrogens is 152 g/mol. The van der Waals surface area contributed by atoms with Crippen LogP contribution in [0.25, 0.3) is 0 Å². The summed E-state index contributed by atoms with van der Waals surface area (Å²) < 4.78 is 4.68. The Labute approximate surface area is 63.8 Å². The molecule has 11 heavy (non-hydrogen) atoms. The second-order valence-electron chi connectivity index (χ2n) is 2.70. The fourth-order valence-electron chi connectivity index (χ4n) is 1.03. The van der Waals surface area contributed by atoms with Crippen LogP contribution in [0.15, 0.2) is 0 Å². The summed E-state index contributed by atoms with van der Waals surface area (Å²) >= 11 is 0. The lowest BCUT2D eigenvalue weighted by Gasteiger charge is -2.36. The molecule has 0 aromatic heterocycles. The molecule has 0 saturated carbocycles. The zero-order valence-electron chi connectivity index (χ0n) is 6.08. The van der Waals surface area contributed by atoms with Gasteiger partial charge in [0.1, 0.15) is 18.3 Å². The van der Waals surface area contributed by atoms with Gasteiger partial charge in [0.2, 0.25) is 0 Å². The Hall–Kier alpha value is -0.200. The molecule has 5 heteroatoms. The van der Waals surface area contributed by atoms with Crippen LogP contribution in [0.1, 0.15) is 6.92 Å². The van der Waals surface area contributed by atoms with Crippen molar-refractivity contribution in [3.8, 4) is 0 Å². The van der Waals surface area contributed by atoms with E-state index < -0.39 is 30.7 Å². The molecule has 5 atom stereocenters. The van der Waals surface area contributed by atoms with Gasteiger partial charge in [-0.25, -0.2) is 0 Å². The summed E-state index contributed by atoms with van der Waals surface area (Å²) in [6.07, 6.45) is -5.99. The molecule has 0 bridgehead atoms. The Morgan fingerprint density at radius 3 is 2.00 bits per heavy atom. The van der Waals surface area contributed by atoms with Gasteiger partial charge in [-0.15, -0.1) is 0 Å². The van der Waals surface area contributed by atoms with E-state index in [0.29, 0.717) is 0 Å². The monoisotopic (exact) mass is 164 g/mol. The standard InChI is InChI=1S/C6H12O5/c1-2-3(7)4(8)5(9)6(10)11-2/h2-10H,1H3/t2-,3-,4+,5+,6+/m1/s1. The Morgan fingerprint density at radius 1 is 0.909 bits per heavy atom. The number of aliphatic hydroxyl groups is 4. The van der Waals surface area contributed by atoms with Gasteiger partial charge in [0, 0.05) is 0 Å². The molecule has 0 spiro atoms. The summed E-state index contributed by atoms with van der Waals surface area (Å²) in [6.45, 7) is 1.50. The van der Waals surface area contributed by atoms with E-state index in [1.54, 1.807) is 0 Å². The van der Waals surface area contributed by atoms with Gasteiger partial charge in [0.15, 0.2) is 6.29 Å². The third-order valence-electron chi connectivity index (χ3n) is 1.83. The minimum Gasteiger partial charge on any atom is -0.388 e. The van der Waals surface area contributed by atoms with Crippen LogP contribution in [0, 0.1) is 0 Å². The first-order valence-electron chi connectivity index (χ1n) is 3.41. The molecule has 0 aromatic carbocycles. The predicted octanol–water partition coefficient (Wildman–Crippen LogP) is -2.19. The van der Waals surface area contributed by atoms with Crippen LogP contribution >= 0.6 is 0 Å². The highest BCUT2D eigenvalue weighted by Crippen LogP contribution is 2.18. The van der Waals surface area contributed by atoms with Crippen LogP contribution in [-0.4, -0.2) is 51.1 Å². The fourth-order valence-corrected chi connectivity index (χ4v) is 1.03. The number of hydrogen-bond donors (Lipinski definition) is 4. The summed E-state index contributed by atoms with van der Waals surface area (Å²) in [7, 11) is 0. The Morgan fingerprint density at radius 2 is 1.45 bits per heavy atom. The smallest absolute Gasteiger partial charge is 0.183 e. The number of rotatable bonds is 0. The van der Waals surface area contributed by atoms with Crippen molar-refractivity contribution in [1.29, 1.82) is 0 Å². The van der Waals surface area contributed by atoms with E-state index in [0.717, 1.165) is 0 Å². The molecule has 1 rings (SSSR count). The third-order valence-corrected chi connectivity index (χ3v) is 1.83. The van der Waals surface area contributed by atoms with Crippen LogP contribution in [-0.2, 0) is 4.74 Å². The van der Waals surface area contributed by atoms with E-state index in [2.05, 4.69) is 4.74 Å². The summed E-state index contributed by atoms with van der Waals surface area (Å²) in [5, 5.41) is 36.0. The molecule has 0 radical (unpaired) electrons. The molecule has 0 aromatic rings. The zero-order chi connectivity index (χ0) is 8.59. The van der Waals surface area contributed by atoms with E-state index in [-0.39, 0.29) is 0 Å². The highest BCUT2D eigenvalue weighted by molar-refractivity contribution is 4.86. The molecule has 1 heterocycles. The average Bonchev–Trinajstić information content (AvgIpc) is 1.97. The van der Waals surface area contributed by atoms with Crippen LogP contribution < -0.4 is 0 Å². The maximum absolute atomic E-state index is 9.09. The quantitative estimate of drug-likeness (QED) is 0.326. The molecule has 1 fully saturated rings. The van der Waals surface area contributed by atoms with Crippen LogP contribution in [0.4, 0.5) is 0 Å². The molecular formula is C6H12O5. The van der Waals surface area contributed by atoms with Crippen LogP contribution in [0.3, 0.4) is 0 Å². The van der Waals surface area contributed by atoms with Crippen molar-refractivity contribution in [3.05, 3.63) is 0 Å². The maximum Gasteiger partial charge on any atom is 0.183 e. The molecule has 0 amide bonds. The molecule has 0 unspecified atom stereocenters. The van der Waals surface area contributed by atoms with Gasteiger partial charge in [0.25, 0.3) is 0 Å². The number of ether oxygens (including phenoxy) is 1. The minimum absolute atomic E-state index is 0.664. The van der Waals surface area contributed by atoms with Crippen molar-refractivity contribution in [2.45, 2.75) is 37.6 Å². The van der Waals surface area contributed by atoms with Crippen molar-refractivity contribution in [2.75, 3.05) is 0 Å². The highest BCUT2D eigenvalue weighted by Gasteiger charge is 2.40. The fraction of sp³-hybridized carbons (Fsp3) is 1.00. The van der Waals surface area contributed by atoms with Crippen molar-refractivity contribution >= 4 is 0 Å². The molecule has 1 aliphatic heterocycles. The Bertz CT molecular complexity index is 125. The van der Waals surface area contributed by atoms with Gasteiger partial charge >= 0.3 is 0 Å². The minimum atomic E-state index is -1.43. The number of aliphatic hydroxyl groups excluding tert-OH is 4. The first kappa shape index (κ1) is 8.89. The molecule has 5 nitrogen and oxygen atoms in total. The largest absolute Gasteiger partial charge is 0.388 e. The van der Waals surface area contributed by atoms with Crippen molar-refractivity contribution < 1.29 is 25.2 Å². The van der Waals surface area contributed by atoms with E-state index in [4.69, 9.17) is 20.4 Å². The Balaban J connectivity index is 2.63. The van der Waals surface area contributed by atoms with Crippen LogP contribution in [0.5, 0.6) is 0 Å². The van der Waals surface area contributed by atoms with E-state index in [1.165, 1.54) is 6.92 Å². The predicted molar refractivity (Wildman–Crippen MR) is 34.6 cm³/mol. The summed E-state index contributed by atoms with van der Waals surface area (Å²) in [5.41, 5.74) is 0. The highest BCUT2D eigenvalue weighted by atomic mass is 16.6. The van der Waals surface area contributed by atoms with E-state index in [9.17, 15) is 0 Å². The summed E-state index contributed by atoms with van der Waals surface area (Å²) in [5.74, 6) is 0. The average molecular weight is 164 g/mol. The topological polar surface area (TPSA) is 90.2 Å². The van der Waals surface area contributed by atoms with Crippen molar-refractivity contribution in [1.82, 2.24) is 0 Å². The molecule has 4 N–H and O–H groups in total. The second kappa shape index (κ2) is 3.04. The second-order valence-corrected chi connectivity index (χ2v) is 2.70. The van der Waals surface area contributed by atoms with E-state index >= 15 is 0 Å². The maximum atomic E-state index is 9.09. The normalized spacial score (nSPS) is 52.6. The zero-order valence-corrected chi connectivity index (χ0v) is 6.08. The summed E-state index contributed by atoms with van der Waals surface area (Å²) in [6, 6.07) is 0.